The van der Waals surface area contributed by atoms with Gasteiger partial charge in [0.25, 0.3) is 11.8 Å². The molecule has 1 saturated heterocycles. The Morgan fingerprint density at radius 3 is 2.40 bits per heavy atom. The van der Waals surface area contributed by atoms with Gasteiger partial charge >= 0.3 is 6.03 Å². The summed E-state index contributed by atoms with van der Waals surface area (Å²) in [5, 5.41) is 5.87. The Balaban J connectivity index is 1.53. The summed E-state index contributed by atoms with van der Waals surface area (Å²) in [6.45, 7) is 6.22. The van der Waals surface area contributed by atoms with Gasteiger partial charge in [-0.1, -0.05) is 25.4 Å². The van der Waals surface area contributed by atoms with Crippen molar-refractivity contribution >= 4 is 35.1 Å². The van der Waals surface area contributed by atoms with Crippen molar-refractivity contribution in [2.45, 2.75) is 13.8 Å². The van der Waals surface area contributed by atoms with Crippen molar-refractivity contribution in [2.75, 3.05) is 38.0 Å². The number of urea groups is 1. The summed E-state index contributed by atoms with van der Waals surface area (Å²) in [6, 6.07) is 7.80. The number of hydrogen-bond acceptors (Lipinski definition) is 4. The number of halogens is 1. The molecule has 1 aromatic carbocycles. The first kappa shape index (κ1) is 21.7. The molecule has 9 heteroatoms. The smallest absolute Gasteiger partial charge is 0.321 e. The first-order valence-corrected chi connectivity index (χ1v) is 10.2. The maximum Gasteiger partial charge on any atom is 0.321 e. The number of hydrogen-bond donors (Lipinski definition) is 2. The van der Waals surface area contributed by atoms with E-state index in [1.54, 1.807) is 40.1 Å². The minimum atomic E-state index is -0.284. The molecule has 160 valence electrons. The van der Waals surface area contributed by atoms with Gasteiger partial charge in [-0.2, -0.15) is 0 Å². The van der Waals surface area contributed by atoms with Crippen molar-refractivity contribution in [2.24, 2.45) is 5.92 Å². The molecule has 2 N–H and O–H groups in total. The molecule has 3 rings (SSSR count). The van der Waals surface area contributed by atoms with E-state index in [9.17, 15) is 14.4 Å². The van der Waals surface area contributed by atoms with Crippen molar-refractivity contribution in [3.63, 3.8) is 0 Å². The normalized spacial score (nSPS) is 14.0. The van der Waals surface area contributed by atoms with Gasteiger partial charge in [-0.25, -0.2) is 4.79 Å². The zero-order valence-electron chi connectivity index (χ0n) is 17.0. The van der Waals surface area contributed by atoms with E-state index in [0.29, 0.717) is 55.7 Å². The molecule has 1 aliphatic rings. The van der Waals surface area contributed by atoms with Crippen LogP contribution in [0.25, 0.3) is 0 Å². The molecule has 0 radical (unpaired) electrons. The number of rotatable bonds is 5. The average molecular weight is 433 g/mol. The molecule has 0 aliphatic carbocycles. The minimum Gasteiger partial charge on any atom is -0.459 e. The van der Waals surface area contributed by atoms with Crippen LogP contribution < -0.4 is 10.6 Å². The Bertz CT molecular complexity index is 906. The van der Waals surface area contributed by atoms with Crippen LogP contribution in [0.1, 0.15) is 34.8 Å². The number of amides is 4. The summed E-state index contributed by atoms with van der Waals surface area (Å²) in [5.41, 5.74) is 0.861. The van der Waals surface area contributed by atoms with Gasteiger partial charge in [0, 0.05) is 38.4 Å². The second-order valence-corrected chi connectivity index (χ2v) is 7.89. The number of furan rings is 1. The highest BCUT2D eigenvalue weighted by Gasteiger charge is 2.26. The largest absolute Gasteiger partial charge is 0.459 e. The third-order valence-corrected chi connectivity index (χ3v) is 5.03. The molecule has 0 spiro atoms. The van der Waals surface area contributed by atoms with Crippen LogP contribution in [0.5, 0.6) is 0 Å². The van der Waals surface area contributed by atoms with Crippen LogP contribution in [0.4, 0.5) is 10.5 Å². The van der Waals surface area contributed by atoms with Gasteiger partial charge in [-0.3, -0.25) is 9.59 Å². The Morgan fingerprint density at radius 2 is 1.80 bits per heavy atom. The second-order valence-electron chi connectivity index (χ2n) is 7.49. The molecule has 1 aliphatic heterocycles. The first-order valence-electron chi connectivity index (χ1n) is 9.81. The summed E-state index contributed by atoms with van der Waals surface area (Å²) < 4.78 is 5.14. The lowest BCUT2D eigenvalue weighted by Gasteiger charge is -2.34. The first-order chi connectivity index (χ1) is 14.3. The van der Waals surface area contributed by atoms with Gasteiger partial charge in [-0.05, 0) is 36.2 Å². The predicted molar refractivity (Wildman–Crippen MR) is 114 cm³/mol. The van der Waals surface area contributed by atoms with Gasteiger partial charge < -0.3 is 24.9 Å². The van der Waals surface area contributed by atoms with Crippen LogP contribution in [0.2, 0.25) is 5.02 Å². The van der Waals surface area contributed by atoms with E-state index in [0.717, 1.165) is 0 Å². The average Bonchev–Trinajstić information content (AvgIpc) is 3.26. The lowest BCUT2D eigenvalue weighted by molar-refractivity contribution is 0.0640. The highest BCUT2D eigenvalue weighted by Crippen LogP contribution is 2.22. The van der Waals surface area contributed by atoms with E-state index >= 15 is 0 Å². The summed E-state index contributed by atoms with van der Waals surface area (Å²) >= 11 is 6.23. The predicted octanol–water partition coefficient (Wildman–Crippen LogP) is 3.31. The number of carbonyl (C=O) groups excluding carboxylic acids is 3. The van der Waals surface area contributed by atoms with E-state index in [1.807, 2.05) is 13.8 Å². The Morgan fingerprint density at radius 1 is 1.10 bits per heavy atom. The lowest BCUT2D eigenvalue weighted by atomic mass is 10.1. The van der Waals surface area contributed by atoms with Crippen LogP contribution in [0.15, 0.2) is 41.0 Å². The van der Waals surface area contributed by atoms with Crippen LogP contribution in [-0.4, -0.2) is 60.4 Å². The maximum absolute atomic E-state index is 12.6. The van der Waals surface area contributed by atoms with Crippen molar-refractivity contribution in [3.05, 3.63) is 52.9 Å². The highest BCUT2D eigenvalue weighted by atomic mass is 35.5. The molecule has 0 bridgehead atoms. The van der Waals surface area contributed by atoms with E-state index in [2.05, 4.69) is 10.6 Å². The highest BCUT2D eigenvalue weighted by molar-refractivity contribution is 6.34. The van der Waals surface area contributed by atoms with Gasteiger partial charge in [0.05, 0.1) is 16.8 Å². The summed E-state index contributed by atoms with van der Waals surface area (Å²) in [4.78, 5) is 40.3. The fourth-order valence-electron chi connectivity index (χ4n) is 3.04. The quantitative estimate of drug-likeness (QED) is 0.757. The zero-order valence-corrected chi connectivity index (χ0v) is 17.7. The second kappa shape index (κ2) is 9.67. The number of carbonyl (C=O) groups is 3. The van der Waals surface area contributed by atoms with E-state index in [-0.39, 0.29) is 22.9 Å². The van der Waals surface area contributed by atoms with E-state index < -0.39 is 0 Å². The third kappa shape index (κ3) is 5.33. The number of piperazine rings is 1. The van der Waals surface area contributed by atoms with Crippen molar-refractivity contribution in [1.82, 2.24) is 15.1 Å². The number of anilines is 1. The molecule has 30 heavy (non-hydrogen) atoms. The summed E-state index contributed by atoms with van der Waals surface area (Å²) in [5.74, 6) is 0.197. The SMILES string of the molecule is CC(C)CNC(=O)c1ccc(NC(=O)N2CCN(C(=O)c3ccco3)CC2)cc1Cl. The fourth-order valence-corrected chi connectivity index (χ4v) is 3.31. The minimum absolute atomic E-state index is 0.182. The van der Waals surface area contributed by atoms with Gasteiger partial charge in [0.2, 0.25) is 0 Å². The van der Waals surface area contributed by atoms with E-state index in [4.69, 9.17) is 16.0 Å². The van der Waals surface area contributed by atoms with Gasteiger partial charge in [0.1, 0.15) is 0 Å². The molecule has 0 saturated carbocycles. The monoisotopic (exact) mass is 432 g/mol. The van der Waals surface area contributed by atoms with Crippen LogP contribution in [-0.2, 0) is 0 Å². The molecular formula is C21H25ClN4O4. The van der Waals surface area contributed by atoms with Gasteiger partial charge in [-0.15, -0.1) is 0 Å². The van der Waals surface area contributed by atoms with Crippen LogP contribution in [0.3, 0.4) is 0 Å². The summed E-state index contributed by atoms with van der Waals surface area (Å²) in [6.07, 6.45) is 1.46. The van der Waals surface area contributed by atoms with Crippen molar-refractivity contribution in [1.29, 1.82) is 0 Å². The zero-order chi connectivity index (χ0) is 21.7. The number of nitrogens with one attached hydrogen (secondary N) is 2. The molecule has 2 heterocycles. The maximum atomic E-state index is 12.6. The van der Waals surface area contributed by atoms with Gasteiger partial charge in [0.15, 0.2) is 5.76 Å². The van der Waals surface area contributed by atoms with E-state index in [1.165, 1.54) is 6.26 Å². The fraction of sp³-hybridized carbons (Fsp3) is 0.381. The molecular weight excluding hydrogens is 408 g/mol. The standard InChI is InChI=1S/C21H25ClN4O4/c1-14(2)13-23-19(27)16-6-5-15(12-17(16)22)24-21(29)26-9-7-25(8-10-26)20(28)18-4-3-11-30-18/h3-6,11-12,14H,7-10,13H2,1-2H3,(H,23,27)(H,24,29). The third-order valence-electron chi connectivity index (χ3n) is 4.72. The van der Waals surface area contributed by atoms with Crippen LogP contribution in [0, 0.1) is 5.92 Å². The molecule has 0 unspecified atom stereocenters. The van der Waals surface area contributed by atoms with Crippen molar-refractivity contribution < 1.29 is 18.8 Å². The topological polar surface area (TPSA) is 94.9 Å². The molecule has 4 amide bonds. The lowest BCUT2D eigenvalue weighted by Crippen LogP contribution is -2.51. The Labute approximate surface area is 180 Å². The Kier molecular flexibility index (Phi) is 6.99. The molecule has 8 nitrogen and oxygen atoms in total. The summed E-state index contributed by atoms with van der Waals surface area (Å²) in [7, 11) is 0. The van der Waals surface area contributed by atoms with Crippen molar-refractivity contribution in [3.8, 4) is 0 Å². The molecule has 2 aromatic rings. The van der Waals surface area contributed by atoms with Crippen LogP contribution >= 0.6 is 11.6 Å². The Hall–Kier alpha value is -3.00. The number of nitrogens with zero attached hydrogens (tertiary/aromatic N) is 2. The molecule has 1 aromatic heterocycles. The molecule has 1 fully saturated rings. The molecule has 0 atom stereocenters. The number of benzene rings is 1.